The zero-order valence-corrected chi connectivity index (χ0v) is 17.6. The molecule has 2 aliphatic rings. The maximum atomic E-state index is 8.74. The molecule has 2 aliphatic heterocycles. The number of hydrogen-bond donors (Lipinski definition) is 2. The molecule has 2 heterocycles. The fourth-order valence-electron chi connectivity index (χ4n) is 3.91. The lowest BCUT2D eigenvalue weighted by Gasteiger charge is -2.23. The molecule has 29 heavy (non-hydrogen) atoms. The van der Waals surface area contributed by atoms with Gasteiger partial charge in [0, 0.05) is 40.7 Å². The van der Waals surface area contributed by atoms with Crippen molar-refractivity contribution in [2.24, 2.45) is 4.99 Å². The number of anilines is 1. The molecule has 0 spiro atoms. The van der Waals surface area contributed by atoms with Gasteiger partial charge in [-0.1, -0.05) is 56.3 Å². The molecule has 0 radical (unpaired) electrons. The number of benzene rings is 2. The Balaban J connectivity index is 0.000000431. The Morgan fingerprint density at radius 1 is 1.00 bits per heavy atom. The lowest BCUT2D eigenvalue weighted by molar-refractivity contribution is 0.381. The molecule has 0 saturated heterocycles. The summed E-state index contributed by atoms with van der Waals surface area (Å²) < 4.78 is 31.6. The lowest BCUT2D eigenvalue weighted by Crippen LogP contribution is -2.22. The predicted molar refractivity (Wildman–Crippen MR) is 117 cm³/mol. The Morgan fingerprint density at radius 2 is 1.59 bits per heavy atom. The van der Waals surface area contributed by atoms with Crippen LogP contribution in [-0.2, 0) is 15.8 Å². The van der Waals surface area contributed by atoms with Crippen LogP contribution in [0.1, 0.15) is 31.9 Å². The van der Waals surface area contributed by atoms with Crippen LogP contribution in [0.4, 0.5) is 11.4 Å². The summed E-state index contributed by atoms with van der Waals surface area (Å²) in [4.78, 5) is 6.98. The van der Waals surface area contributed by atoms with Gasteiger partial charge in [0.05, 0.1) is 5.69 Å². The van der Waals surface area contributed by atoms with Crippen LogP contribution < -0.4 is 4.90 Å². The van der Waals surface area contributed by atoms with Crippen LogP contribution in [0.25, 0.3) is 5.57 Å². The third kappa shape index (κ3) is 4.32. The van der Waals surface area contributed by atoms with E-state index >= 15 is 0 Å². The van der Waals surface area contributed by atoms with Gasteiger partial charge in [0.1, 0.15) is 0 Å². The van der Waals surface area contributed by atoms with Gasteiger partial charge in [-0.2, -0.15) is 8.42 Å². The van der Waals surface area contributed by atoms with Crippen LogP contribution in [0.2, 0.25) is 0 Å². The zero-order valence-electron chi connectivity index (χ0n) is 16.8. The Labute approximate surface area is 171 Å². The summed E-state index contributed by atoms with van der Waals surface area (Å²) in [6.07, 6.45) is 4.49. The van der Waals surface area contributed by atoms with Gasteiger partial charge >= 0.3 is 10.4 Å². The molecule has 0 fully saturated rings. The van der Waals surface area contributed by atoms with E-state index < -0.39 is 10.4 Å². The SMILES string of the molecule is CC1=Nc2ccccc2C1=CC=C1N(C)c2ccccc2C1(C)C.O=S(=O)(O)O. The van der Waals surface area contributed by atoms with Crippen LogP contribution >= 0.6 is 0 Å². The number of likely N-dealkylation sites (N-methyl/N-ethyl adjacent to an activating group) is 1. The van der Waals surface area contributed by atoms with E-state index in [1.54, 1.807) is 0 Å². The average molecular weight is 413 g/mol. The minimum Gasteiger partial charge on any atom is -0.347 e. The molecular formula is C22H24N2O4S. The van der Waals surface area contributed by atoms with Crippen LogP contribution in [0.5, 0.6) is 0 Å². The van der Waals surface area contributed by atoms with Crippen LogP contribution in [-0.4, -0.2) is 30.3 Å². The van der Waals surface area contributed by atoms with E-state index in [0.717, 1.165) is 11.4 Å². The first-order valence-electron chi connectivity index (χ1n) is 9.11. The van der Waals surface area contributed by atoms with Gasteiger partial charge in [0.25, 0.3) is 0 Å². The van der Waals surface area contributed by atoms with Crippen molar-refractivity contribution in [3.05, 3.63) is 77.5 Å². The summed E-state index contributed by atoms with van der Waals surface area (Å²) in [5.41, 5.74) is 8.60. The average Bonchev–Trinajstić information content (AvgIpc) is 3.04. The molecule has 152 valence electrons. The molecule has 2 aromatic carbocycles. The summed E-state index contributed by atoms with van der Waals surface area (Å²) in [5.74, 6) is 0. The molecule has 0 bridgehead atoms. The van der Waals surface area contributed by atoms with E-state index in [-0.39, 0.29) is 5.41 Å². The Bertz CT molecular complexity index is 1140. The van der Waals surface area contributed by atoms with E-state index in [9.17, 15) is 0 Å². The normalized spacial score (nSPS) is 19.5. The Morgan fingerprint density at radius 3 is 2.24 bits per heavy atom. The van der Waals surface area contributed by atoms with Gasteiger partial charge in [0.2, 0.25) is 0 Å². The number of nitrogens with zero attached hydrogens (tertiary/aromatic N) is 2. The molecule has 0 atom stereocenters. The van der Waals surface area contributed by atoms with Crippen molar-refractivity contribution in [2.45, 2.75) is 26.2 Å². The third-order valence-corrected chi connectivity index (χ3v) is 5.22. The molecule has 2 aromatic rings. The van der Waals surface area contributed by atoms with Gasteiger partial charge in [-0.3, -0.25) is 14.1 Å². The summed E-state index contributed by atoms with van der Waals surface area (Å²) in [6, 6.07) is 17.0. The smallest absolute Gasteiger partial charge is 0.347 e. The first-order chi connectivity index (χ1) is 13.5. The second kappa shape index (κ2) is 7.59. The van der Waals surface area contributed by atoms with Gasteiger partial charge in [0.15, 0.2) is 0 Å². The Hall–Kier alpha value is -2.74. The second-order valence-corrected chi connectivity index (χ2v) is 8.39. The van der Waals surface area contributed by atoms with Crippen LogP contribution in [0.15, 0.2) is 71.4 Å². The molecule has 2 N–H and O–H groups in total. The van der Waals surface area contributed by atoms with Crippen molar-refractivity contribution in [1.29, 1.82) is 0 Å². The molecule has 0 aromatic heterocycles. The fraction of sp³-hybridized carbons (Fsp3) is 0.227. The first-order valence-corrected chi connectivity index (χ1v) is 10.5. The largest absolute Gasteiger partial charge is 0.394 e. The molecule has 0 aliphatic carbocycles. The van der Waals surface area contributed by atoms with Crippen molar-refractivity contribution in [3.8, 4) is 0 Å². The van der Waals surface area contributed by atoms with E-state index in [2.05, 4.69) is 92.3 Å². The van der Waals surface area contributed by atoms with Crippen molar-refractivity contribution >= 4 is 33.1 Å². The van der Waals surface area contributed by atoms with E-state index in [0.29, 0.717) is 0 Å². The number of para-hydroxylation sites is 2. The highest BCUT2D eigenvalue weighted by Crippen LogP contribution is 2.46. The quantitative estimate of drug-likeness (QED) is 0.655. The maximum Gasteiger partial charge on any atom is 0.394 e. The topological polar surface area (TPSA) is 90.2 Å². The molecule has 0 unspecified atom stereocenters. The van der Waals surface area contributed by atoms with E-state index in [4.69, 9.17) is 17.5 Å². The van der Waals surface area contributed by atoms with Crippen molar-refractivity contribution in [1.82, 2.24) is 0 Å². The first kappa shape index (κ1) is 21.0. The molecule has 4 rings (SSSR count). The second-order valence-electron chi connectivity index (χ2n) is 7.50. The van der Waals surface area contributed by atoms with Gasteiger partial charge in [-0.25, -0.2) is 0 Å². The lowest BCUT2D eigenvalue weighted by atomic mass is 9.83. The summed E-state index contributed by atoms with van der Waals surface area (Å²) in [6.45, 7) is 6.68. The Kier molecular flexibility index (Phi) is 5.49. The summed E-state index contributed by atoms with van der Waals surface area (Å²) >= 11 is 0. The highest BCUT2D eigenvalue weighted by atomic mass is 32.3. The monoisotopic (exact) mass is 412 g/mol. The van der Waals surface area contributed by atoms with Crippen molar-refractivity contribution in [2.75, 3.05) is 11.9 Å². The number of fused-ring (bicyclic) bond motifs is 2. The number of aliphatic imine (C=N–C) groups is 1. The molecule has 6 nitrogen and oxygen atoms in total. The zero-order chi connectivity index (χ0) is 21.4. The molecule has 7 heteroatoms. The van der Waals surface area contributed by atoms with Gasteiger partial charge in [-0.15, -0.1) is 0 Å². The van der Waals surface area contributed by atoms with E-state index in [1.807, 2.05) is 6.07 Å². The van der Waals surface area contributed by atoms with Crippen LogP contribution in [0.3, 0.4) is 0 Å². The number of hydrogen-bond acceptors (Lipinski definition) is 4. The standard InChI is InChI=1S/C22H22N2.H2O4S/c1-15-16(17-9-5-7-11-19(17)23-15)13-14-21-22(2,3)18-10-6-8-12-20(18)24(21)4;1-5(2,3)4/h5-14H,1-4H3;(H2,1,2,3,4). The van der Waals surface area contributed by atoms with E-state index in [1.165, 1.54) is 28.1 Å². The highest BCUT2D eigenvalue weighted by Gasteiger charge is 2.37. The highest BCUT2D eigenvalue weighted by molar-refractivity contribution is 7.79. The summed E-state index contributed by atoms with van der Waals surface area (Å²) in [7, 11) is -2.51. The number of allylic oxidation sites excluding steroid dienone is 4. The predicted octanol–water partition coefficient (Wildman–Crippen LogP) is 4.83. The van der Waals surface area contributed by atoms with Crippen molar-refractivity contribution in [3.63, 3.8) is 0 Å². The molecular weight excluding hydrogens is 388 g/mol. The van der Waals surface area contributed by atoms with Crippen LogP contribution in [0, 0.1) is 0 Å². The number of rotatable bonds is 1. The molecule has 0 amide bonds. The minimum atomic E-state index is -4.67. The van der Waals surface area contributed by atoms with Gasteiger partial charge < -0.3 is 4.90 Å². The molecule has 0 saturated carbocycles. The maximum absolute atomic E-state index is 8.74. The fourth-order valence-corrected chi connectivity index (χ4v) is 3.91. The minimum absolute atomic E-state index is 0.00553. The van der Waals surface area contributed by atoms with Gasteiger partial charge in [-0.05, 0) is 30.7 Å². The van der Waals surface area contributed by atoms with Crippen molar-refractivity contribution < 1.29 is 17.5 Å². The summed E-state index contributed by atoms with van der Waals surface area (Å²) in [5, 5.41) is 0. The third-order valence-electron chi connectivity index (χ3n) is 5.22.